The molecule has 0 unspecified atom stereocenters. The lowest BCUT2D eigenvalue weighted by Crippen LogP contribution is -2.14. The van der Waals surface area contributed by atoms with Crippen LogP contribution in [0.5, 0.6) is 0 Å². The molecule has 3 N–H and O–H groups in total. The van der Waals surface area contributed by atoms with E-state index in [0.29, 0.717) is 28.3 Å². The van der Waals surface area contributed by atoms with Crippen LogP contribution in [0.15, 0.2) is 53.7 Å². The van der Waals surface area contributed by atoms with Crippen molar-refractivity contribution in [3.8, 4) is 11.4 Å². The van der Waals surface area contributed by atoms with E-state index < -0.39 is 0 Å². The lowest BCUT2D eigenvalue weighted by molar-refractivity contribution is -0.113. The van der Waals surface area contributed by atoms with Gasteiger partial charge in [-0.2, -0.15) is 0 Å². The van der Waals surface area contributed by atoms with Gasteiger partial charge in [-0.3, -0.25) is 9.36 Å². The summed E-state index contributed by atoms with van der Waals surface area (Å²) in [5.74, 6) is 0.793. The average Bonchev–Trinajstić information content (AvgIpc) is 3.24. The fourth-order valence-corrected chi connectivity index (χ4v) is 3.40. The molecule has 2 aromatic heterocycles. The highest BCUT2D eigenvalue weighted by atomic mass is 32.2. The fraction of sp³-hybridized carbons (Fsp3) is 0.125. The van der Waals surface area contributed by atoms with E-state index in [1.807, 2.05) is 34.2 Å². The Morgan fingerprint density at radius 1 is 1.36 bits per heavy atom. The van der Waals surface area contributed by atoms with Crippen LogP contribution in [-0.2, 0) is 11.3 Å². The summed E-state index contributed by atoms with van der Waals surface area (Å²) in [7, 11) is 0. The third-order valence-corrected chi connectivity index (χ3v) is 4.86. The lowest BCUT2D eigenvalue weighted by atomic mass is 10.2. The van der Waals surface area contributed by atoms with Crippen molar-refractivity contribution >= 4 is 39.8 Å². The molecule has 0 aliphatic rings. The van der Waals surface area contributed by atoms with Crippen LogP contribution in [0.2, 0.25) is 0 Å². The molecule has 0 atom stereocenters. The molecule has 2 heterocycles. The van der Waals surface area contributed by atoms with Gasteiger partial charge in [-0.05, 0) is 24.3 Å². The first kappa shape index (κ1) is 17.2. The molecular weight excluding hydrogens is 356 g/mol. The smallest absolute Gasteiger partial charge is 0.236 e. The van der Waals surface area contributed by atoms with Crippen LogP contribution in [-0.4, -0.2) is 31.4 Å². The average molecular weight is 372 g/mol. The highest BCUT2D eigenvalue weighted by Crippen LogP contribution is 2.25. The molecule has 0 saturated heterocycles. The van der Waals surface area contributed by atoms with E-state index in [2.05, 4.69) is 27.1 Å². The maximum atomic E-state index is 12.0. The van der Waals surface area contributed by atoms with E-state index in [0.717, 1.165) is 5.56 Å². The zero-order valence-corrected chi connectivity index (χ0v) is 14.9. The molecule has 0 bridgehead atoms. The first-order chi connectivity index (χ1) is 12.2. The molecule has 0 spiro atoms. The Labute approximate surface area is 153 Å². The Balaban J connectivity index is 1.73. The highest BCUT2D eigenvalue weighted by Gasteiger charge is 2.15. The van der Waals surface area contributed by atoms with Crippen LogP contribution >= 0.6 is 23.1 Å². The maximum Gasteiger partial charge on any atom is 0.236 e. The van der Waals surface area contributed by atoms with Gasteiger partial charge in [0.15, 0.2) is 16.1 Å². The highest BCUT2D eigenvalue weighted by molar-refractivity contribution is 7.99. The van der Waals surface area contributed by atoms with E-state index in [-0.39, 0.29) is 11.7 Å². The summed E-state index contributed by atoms with van der Waals surface area (Å²) in [4.78, 5) is 16.0. The molecule has 1 amide bonds. The summed E-state index contributed by atoms with van der Waals surface area (Å²) < 4.78 is 1.92. The largest absolute Gasteiger partial charge is 0.399 e. The van der Waals surface area contributed by atoms with Crippen LogP contribution in [0.3, 0.4) is 0 Å². The Kier molecular flexibility index (Phi) is 5.46. The molecule has 9 heteroatoms. The number of allylic oxidation sites excluding steroid dienone is 1. The summed E-state index contributed by atoms with van der Waals surface area (Å²) in [5.41, 5.74) is 7.32. The van der Waals surface area contributed by atoms with Crippen molar-refractivity contribution in [2.75, 3.05) is 16.8 Å². The molecule has 0 aliphatic heterocycles. The summed E-state index contributed by atoms with van der Waals surface area (Å²) in [6, 6.07) is 7.41. The number of nitrogens with one attached hydrogen (secondary N) is 1. The van der Waals surface area contributed by atoms with Gasteiger partial charge in [0.1, 0.15) is 0 Å². The zero-order valence-electron chi connectivity index (χ0n) is 13.3. The van der Waals surface area contributed by atoms with Crippen molar-refractivity contribution in [3.63, 3.8) is 0 Å². The quantitative estimate of drug-likeness (QED) is 0.376. The first-order valence-corrected chi connectivity index (χ1v) is 9.26. The third-order valence-electron chi connectivity index (χ3n) is 3.21. The van der Waals surface area contributed by atoms with Crippen molar-refractivity contribution in [1.29, 1.82) is 0 Å². The molecule has 0 radical (unpaired) electrons. The summed E-state index contributed by atoms with van der Waals surface area (Å²) >= 11 is 2.70. The Morgan fingerprint density at radius 2 is 2.16 bits per heavy atom. The lowest BCUT2D eigenvalue weighted by Gasteiger charge is -2.08. The minimum Gasteiger partial charge on any atom is -0.399 e. The van der Waals surface area contributed by atoms with E-state index in [1.54, 1.807) is 12.3 Å². The summed E-state index contributed by atoms with van der Waals surface area (Å²) in [6.45, 7) is 4.32. The molecule has 3 rings (SSSR count). The Hall–Kier alpha value is -2.65. The number of thioether (sulfide) groups is 1. The molecule has 0 aliphatic carbocycles. The minimum absolute atomic E-state index is 0.137. The zero-order chi connectivity index (χ0) is 17.6. The third kappa shape index (κ3) is 4.25. The molecule has 25 heavy (non-hydrogen) atoms. The SMILES string of the molecule is C=CCn1c(SCC(=O)Nc2nccs2)nnc1-c1ccc(N)cc1. The van der Waals surface area contributed by atoms with Crippen molar-refractivity contribution < 1.29 is 4.79 Å². The number of nitrogens with two attached hydrogens (primary N) is 1. The number of benzene rings is 1. The second-order valence-corrected chi connectivity index (χ2v) is 6.84. The molecule has 3 aromatic rings. The van der Waals surface area contributed by atoms with Crippen LogP contribution in [0, 0.1) is 0 Å². The number of carbonyl (C=O) groups excluding carboxylic acids is 1. The number of nitrogen functional groups attached to an aromatic ring is 1. The van der Waals surface area contributed by atoms with E-state index in [4.69, 9.17) is 5.73 Å². The van der Waals surface area contributed by atoms with Crippen molar-refractivity contribution in [1.82, 2.24) is 19.7 Å². The van der Waals surface area contributed by atoms with Crippen LogP contribution in [0.25, 0.3) is 11.4 Å². The standard InChI is InChI=1S/C16H16N6OS2/c1-2-8-22-14(11-3-5-12(17)6-4-11)20-21-16(22)25-10-13(23)19-15-18-7-9-24-15/h2-7,9H,1,8,10,17H2,(H,18,19,23). The topological polar surface area (TPSA) is 98.7 Å². The molecule has 7 nitrogen and oxygen atoms in total. The molecule has 1 aromatic carbocycles. The number of aromatic nitrogens is 4. The van der Waals surface area contributed by atoms with Crippen molar-refractivity contribution in [2.45, 2.75) is 11.7 Å². The number of thiazole rings is 1. The number of amides is 1. The van der Waals surface area contributed by atoms with Crippen molar-refractivity contribution in [3.05, 3.63) is 48.5 Å². The molecular formula is C16H16N6OS2. The van der Waals surface area contributed by atoms with Gasteiger partial charge >= 0.3 is 0 Å². The Bertz CT molecular complexity index is 857. The summed E-state index contributed by atoms with van der Waals surface area (Å²) in [5, 5.41) is 14.2. The van der Waals surface area contributed by atoms with Gasteiger partial charge in [0.2, 0.25) is 5.91 Å². The van der Waals surface area contributed by atoms with E-state index in [9.17, 15) is 4.79 Å². The Morgan fingerprint density at radius 3 is 2.84 bits per heavy atom. The number of carbonyl (C=O) groups is 1. The normalized spacial score (nSPS) is 10.6. The van der Waals surface area contributed by atoms with Crippen molar-refractivity contribution in [2.24, 2.45) is 0 Å². The maximum absolute atomic E-state index is 12.0. The van der Waals surface area contributed by atoms with Gasteiger partial charge in [0.05, 0.1) is 5.75 Å². The number of anilines is 2. The monoisotopic (exact) mass is 372 g/mol. The van der Waals surface area contributed by atoms with Gasteiger partial charge in [-0.25, -0.2) is 4.98 Å². The van der Waals surface area contributed by atoms with Crippen LogP contribution in [0.1, 0.15) is 0 Å². The molecule has 0 fully saturated rings. The van der Waals surface area contributed by atoms with Crippen LogP contribution in [0.4, 0.5) is 10.8 Å². The predicted octanol–water partition coefficient (Wildman–Crippen LogP) is 2.90. The van der Waals surface area contributed by atoms with Gasteiger partial charge in [-0.15, -0.1) is 28.1 Å². The molecule has 0 saturated carbocycles. The van der Waals surface area contributed by atoms with Gasteiger partial charge in [0.25, 0.3) is 0 Å². The fourth-order valence-electron chi connectivity index (χ4n) is 2.11. The van der Waals surface area contributed by atoms with E-state index in [1.165, 1.54) is 23.1 Å². The predicted molar refractivity (Wildman–Crippen MR) is 102 cm³/mol. The second-order valence-electron chi connectivity index (χ2n) is 5.00. The van der Waals surface area contributed by atoms with E-state index >= 15 is 0 Å². The second kappa shape index (κ2) is 7.95. The molecule has 128 valence electrons. The van der Waals surface area contributed by atoms with Gasteiger partial charge < -0.3 is 11.1 Å². The minimum atomic E-state index is -0.137. The van der Waals surface area contributed by atoms with Gasteiger partial charge in [0, 0.05) is 29.4 Å². The first-order valence-electron chi connectivity index (χ1n) is 7.39. The van der Waals surface area contributed by atoms with Crippen LogP contribution < -0.4 is 11.1 Å². The number of hydrogen-bond acceptors (Lipinski definition) is 7. The number of rotatable bonds is 7. The van der Waals surface area contributed by atoms with Gasteiger partial charge in [-0.1, -0.05) is 17.8 Å². The number of hydrogen-bond donors (Lipinski definition) is 2. The summed E-state index contributed by atoms with van der Waals surface area (Å²) in [6.07, 6.45) is 3.41. The number of nitrogens with zero attached hydrogens (tertiary/aromatic N) is 4.